The number of benzene rings is 1. The summed E-state index contributed by atoms with van der Waals surface area (Å²) in [7, 11) is 2.08. The highest BCUT2D eigenvalue weighted by Gasteiger charge is 2.22. The summed E-state index contributed by atoms with van der Waals surface area (Å²) in [5, 5.41) is 10.9. The molecule has 1 aliphatic rings. The van der Waals surface area contributed by atoms with E-state index in [0.29, 0.717) is 22.4 Å². The van der Waals surface area contributed by atoms with Crippen LogP contribution in [0.1, 0.15) is 12.5 Å². The molecule has 42 heavy (non-hydrogen) atoms. The Balaban J connectivity index is 1.41. The first-order valence-corrected chi connectivity index (χ1v) is 13.1. The standard InChI is InChI=1S/C29H26FN9O3/c1-3-25(40)34-20-5-4-6-22(12-20)39-27-18(11-24(28(39)41)42-26-8-7-19(30)14-31-26)13-32-29(36-27)35-21-15-33-38(16-21)23-9-10-37(2)17-23/h3-8,11-16,23H,1,9-10,17H2,2H3,(H,34,40)(H,32,35,36). The Bertz CT molecular complexity index is 1850. The molecule has 1 fully saturated rings. The normalized spacial score (nSPS) is 15.0. The number of nitrogens with one attached hydrogen (secondary N) is 2. The fraction of sp³-hybridized carbons (Fsp3) is 0.172. The molecular formula is C29H26FN9O3. The zero-order valence-corrected chi connectivity index (χ0v) is 22.6. The van der Waals surface area contributed by atoms with Crippen LogP contribution in [0, 0.1) is 5.82 Å². The third kappa shape index (κ3) is 5.58. The molecule has 6 rings (SSSR count). The van der Waals surface area contributed by atoms with Crippen molar-refractivity contribution in [2.75, 3.05) is 30.8 Å². The minimum absolute atomic E-state index is 0.0380. The summed E-state index contributed by atoms with van der Waals surface area (Å²) in [5.74, 6) is -0.720. The van der Waals surface area contributed by atoms with Gasteiger partial charge in [0.2, 0.25) is 17.7 Å². The van der Waals surface area contributed by atoms with Gasteiger partial charge in [-0.3, -0.25) is 18.8 Å². The third-order valence-electron chi connectivity index (χ3n) is 6.78. The van der Waals surface area contributed by atoms with Crippen molar-refractivity contribution in [1.82, 2.24) is 34.2 Å². The van der Waals surface area contributed by atoms with Crippen molar-refractivity contribution in [1.29, 1.82) is 0 Å². The number of likely N-dealkylation sites (tertiary alicyclic amines) is 1. The summed E-state index contributed by atoms with van der Waals surface area (Å²) >= 11 is 0. The van der Waals surface area contributed by atoms with E-state index in [2.05, 4.69) is 49.2 Å². The first-order chi connectivity index (χ1) is 20.4. The molecule has 1 aliphatic heterocycles. The number of hydrogen-bond donors (Lipinski definition) is 2. The Kier molecular flexibility index (Phi) is 7.15. The van der Waals surface area contributed by atoms with Crippen LogP contribution >= 0.6 is 0 Å². The zero-order valence-electron chi connectivity index (χ0n) is 22.6. The highest BCUT2D eigenvalue weighted by Crippen LogP contribution is 2.26. The summed E-state index contributed by atoms with van der Waals surface area (Å²) in [6, 6.07) is 11.0. The molecule has 0 spiro atoms. The second kappa shape index (κ2) is 11.2. The number of amides is 1. The van der Waals surface area contributed by atoms with Crippen LogP contribution in [0.15, 0.2) is 84.7 Å². The molecule has 0 radical (unpaired) electrons. The van der Waals surface area contributed by atoms with Crippen LogP contribution in [0.3, 0.4) is 0 Å². The molecule has 2 N–H and O–H groups in total. The van der Waals surface area contributed by atoms with E-state index in [1.807, 2.05) is 10.9 Å². The van der Waals surface area contributed by atoms with Crippen molar-refractivity contribution < 1.29 is 13.9 Å². The molecule has 1 atom stereocenters. The first-order valence-electron chi connectivity index (χ1n) is 13.1. The lowest BCUT2D eigenvalue weighted by atomic mass is 10.2. The van der Waals surface area contributed by atoms with Crippen molar-refractivity contribution in [3.8, 4) is 17.3 Å². The fourth-order valence-corrected chi connectivity index (χ4v) is 4.76. The van der Waals surface area contributed by atoms with E-state index in [-0.39, 0.29) is 29.3 Å². The van der Waals surface area contributed by atoms with E-state index in [1.54, 1.807) is 36.7 Å². The second-order valence-electron chi connectivity index (χ2n) is 9.82. The van der Waals surface area contributed by atoms with Crippen LogP contribution in [0.25, 0.3) is 16.7 Å². The van der Waals surface area contributed by atoms with Crippen LogP contribution in [0.2, 0.25) is 0 Å². The predicted molar refractivity (Wildman–Crippen MR) is 155 cm³/mol. The minimum Gasteiger partial charge on any atom is -0.433 e. The van der Waals surface area contributed by atoms with Gasteiger partial charge < -0.3 is 20.3 Å². The molecule has 0 bridgehead atoms. The number of ether oxygens (including phenoxy) is 1. The number of hydrogen-bond acceptors (Lipinski definition) is 9. The zero-order chi connectivity index (χ0) is 29.2. The number of likely N-dealkylation sites (N-methyl/N-ethyl adjacent to an activating group) is 1. The summed E-state index contributed by atoms with van der Waals surface area (Å²) in [6.07, 6.45) is 8.33. The second-order valence-corrected chi connectivity index (χ2v) is 9.82. The highest BCUT2D eigenvalue weighted by atomic mass is 19.1. The number of nitrogens with zero attached hydrogens (tertiary/aromatic N) is 7. The number of fused-ring (bicyclic) bond motifs is 1. The van der Waals surface area contributed by atoms with Crippen molar-refractivity contribution in [2.45, 2.75) is 12.5 Å². The van der Waals surface area contributed by atoms with Crippen LogP contribution in [0.4, 0.5) is 21.7 Å². The van der Waals surface area contributed by atoms with Crippen LogP contribution in [-0.4, -0.2) is 60.2 Å². The minimum atomic E-state index is -0.552. The Morgan fingerprint density at radius 1 is 1.14 bits per heavy atom. The lowest BCUT2D eigenvalue weighted by Crippen LogP contribution is -2.21. The van der Waals surface area contributed by atoms with Gasteiger partial charge in [-0.1, -0.05) is 12.6 Å². The van der Waals surface area contributed by atoms with Crippen LogP contribution in [-0.2, 0) is 4.79 Å². The van der Waals surface area contributed by atoms with E-state index < -0.39 is 17.3 Å². The van der Waals surface area contributed by atoms with Crippen LogP contribution < -0.4 is 20.9 Å². The quantitative estimate of drug-likeness (QED) is 0.267. The van der Waals surface area contributed by atoms with Gasteiger partial charge in [-0.2, -0.15) is 10.1 Å². The number of halogens is 1. The third-order valence-corrected chi connectivity index (χ3v) is 6.78. The maximum absolute atomic E-state index is 13.8. The Labute approximate surface area is 239 Å². The smallest absolute Gasteiger partial charge is 0.299 e. The van der Waals surface area contributed by atoms with Gasteiger partial charge in [-0.05, 0) is 56.4 Å². The number of anilines is 3. The molecule has 1 unspecified atom stereocenters. The van der Waals surface area contributed by atoms with E-state index in [1.165, 1.54) is 22.8 Å². The predicted octanol–water partition coefficient (Wildman–Crippen LogP) is 4.05. The largest absolute Gasteiger partial charge is 0.433 e. The van der Waals surface area contributed by atoms with Crippen LogP contribution in [0.5, 0.6) is 11.6 Å². The van der Waals surface area contributed by atoms with Crippen molar-refractivity contribution in [3.05, 3.63) is 96.1 Å². The number of carbonyl (C=O) groups is 1. The summed E-state index contributed by atoms with van der Waals surface area (Å²) in [4.78, 5) is 41.0. The van der Waals surface area contributed by atoms with E-state index >= 15 is 0 Å². The molecule has 1 aromatic carbocycles. The number of pyridine rings is 2. The average molecular weight is 568 g/mol. The molecule has 13 heteroatoms. The summed E-state index contributed by atoms with van der Waals surface area (Å²) in [6.45, 7) is 5.41. The number of rotatable bonds is 8. The molecule has 212 valence electrons. The lowest BCUT2D eigenvalue weighted by molar-refractivity contribution is -0.111. The molecule has 4 aromatic heterocycles. The fourth-order valence-electron chi connectivity index (χ4n) is 4.76. The van der Waals surface area contributed by atoms with Gasteiger partial charge in [0.15, 0.2) is 11.4 Å². The number of carbonyl (C=O) groups excluding carboxylic acids is 1. The molecule has 5 heterocycles. The maximum Gasteiger partial charge on any atom is 0.299 e. The lowest BCUT2D eigenvalue weighted by Gasteiger charge is -2.14. The Hall–Kier alpha value is -5.43. The maximum atomic E-state index is 13.8. The summed E-state index contributed by atoms with van der Waals surface area (Å²) < 4.78 is 22.4. The monoisotopic (exact) mass is 567 g/mol. The Morgan fingerprint density at radius 2 is 2.02 bits per heavy atom. The van der Waals surface area contributed by atoms with Gasteiger partial charge in [0.25, 0.3) is 5.56 Å². The topological polar surface area (TPSA) is 132 Å². The van der Waals surface area contributed by atoms with Crippen molar-refractivity contribution in [3.63, 3.8) is 0 Å². The molecule has 0 aliphatic carbocycles. The Morgan fingerprint density at radius 3 is 2.79 bits per heavy atom. The highest BCUT2D eigenvalue weighted by molar-refractivity contribution is 5.99. The van der Waals surface area contributed by atoms with Gasteiger partial charge in [0.1, 0.15) is 5.82 Å². The van der Waals surface area contributed by atoms with Gasteiger partial charge in [0, 0.05) is 36.1 Å². The first kappa shape index (κ1) is 26.8. The average Bonchev–Trinajstić information content (AvgIpc) is 3.63. The van der Waals surface area contributed by atoms with Crippen molar-refractivity contribution in [2.24, 2.45) is 0 Å². The molecule has 12 nitrogen and oxygen atoms in total. The molecular weight excluding hydrogens is 541 g/mol. The van der Waals surface area contributed by atoms with E-state index in [0.717, 1.165) is 31.8 Å². The molecule has 0 saturated carbocycles. The molecule has 1 saturated heterocycles. The van der Waals surface area contributed by atoms with Gasteiger partial charge in [-0.15, -0.1) is 0 Å². The molecule has 5 aromatic rings. The van der Waals surface area contributed by atoms with E-state index in [9.17, 15) is 14.0 Å². The van der Waals surface area contributed by atoms with Gasteiger partial charge in [0.05, 0.1) is 29.8 Å². The van der Waals surface area contributed by atoms with E-state index in [4.69, 9.17) is 4.74 Å². The summed E-state index contributed by atoms with van der Waals surface area (Å²) in [5.41, 5.74) is 1.29. The van der Waals surface area contributed by atoms with Gasteiger partial charge >= 0.3 is 0 Å². The van der Waals surface area contributed by atoms with Gasteiger partial charge in [-0.25, -0.2) is 14.4 Å². The number of aromatic nitrogens is 6. The van der Waals surface area contributed by atoms with Crippen molar-refractivity contribution >= 4 is 34.3 Å². The SMILES string of the molecule is C=CC(=O)Nc1cccc(-n2c(=O)c(Oc3ccc(F)cn3)cc3cnc(Nc4cnn(C5CCN(C)C5)c4)nc32)c1. The molecule has 1 amide bonds.